The number of halogens is 2. The predicted octanol–water partition coefficient (Wildman–Crippen LogP) is 4.49. The number of aromatic nitrogens is 1. The van der Waals surface area contributed by atoms with Gasteiger partial charge in [-0.1, -0.05) is 45.4 Å². The molecule has 3 nitrogen and oxygen atoms in total. The van der Waals surface area contributed by atoms with E-state index in [0.717, 1.165) is 10.0 Å². The Balaban J connectivity index is 2.20. The van der Waals surface area contributed by atoms with Crippen LogP contribution in [-0.2, 0) is 0 Å². The highest BCUT2D eigenvalue weighted by Crippen LogP contribution is 2.37. The van der Waals surface area contributed by atoms with E-state index in [1.807, 2.05) is 24.3 Å². The molecule has 0 amide bonds. The summed E-state index contributed by atoms with van der Waals surface area (Å²) >= 11 is 3.41. The van der Waals surface area contributed by atoms with E-state index in [1.165, 1.54) is 12.1 Å². The average molecular weight is 333 g/mol. The third-order valence-corrected chi connectivity index (χ3v) is 3.41. The Morgan fingerprint density at radius 2 is 1.80 bits per heavy atom. The zero-order chi connectivity index (χ0) is 14.1. The van der Waals surface area contributed by atoms with Crippen LogP contribution in [-0.4, -0.2) is 5.16 Å². The predicted molar refractivity (Wildman–Crippen MR) is 79.4 cm³/mol. The van der Waals surface area contributed by atoms with Crippen molar-refractivity contribution in [2.75, 3.05) is 5.73 Å². The van der Waals surface area contributed by atoms with Gasteiger partial charge in [0.1, 0.15) is 5.82 Å². The molecule has 5 heteroatoms. The molecule has 20 heavy (non-hydrogen) atoms. The molecule has 100 valence electrons. The maximum atomic E-state index is 13.4. The first kappa shape index (κ1) is 12.9. The molecule has 1 aromatic heterocycles. The van der Waals surface area contributed by atoms with Crippen LogP contribution >= 0.6 is 15.9 Å². The number of hydrogen-bond acceptors (Lipinski definition) is 3. The van der Waals surface area contributed by atoms with Crippen molar-refractivity contribution < 1.29 is 8.91 Å². The lowest BCUT2D eigenvalue weighted by Gasteiger charge is -2.03. The van der Waals surface area contributed by atoms with E-state index in [0.29, 0.717) is 16.9 Å². The number of nitrogens with zero attached hydrogens (tertiary/aromatic N) is 1. The molecule has 0 aliphatic rings. The lowest BCUT2D eigenvalue weighted by molar-refractivity contribution is 0.436. The van der Waals surface area contributed by atoms with Crippen LogP contribution in [0.5, 0.6) is 0 Å². The quantitative estimate of drug-likeness (QED) is 0.752. The van der Waals surface area contributed by atoms with Crippen molar-refractivity contribution in [2.45, 2.75) is 0 Å². The van der Waals surface area contributed by atoms with E-state index in [9.17, 15) is 4.39 Å². The Bertz CT molecular complexity index is 770. The highest BCUT2D eigenvalue weighted by Gasteiger charge is 2.18. The standard InChI is InChI=1S/C15H10BrFN2O/c16-11-5-1-4-10(7-11)14-13(15(18)19-20-14)9-3-2-6-12(17)8-9/h1-8H,(H2,18,19). The van der Waals surface area contributed by atoms with E-state index in [4.69, 9.17) is 10.3 Å². The van der Waals surface area contributed by atoms with Gasteiger partial charge in [0.05, 0.1) is 5.56 Å². The first-order valence-electron chi connectivity index (χ1n) is 5.92. The summed E-state index contributed by atoms with van der Waals surface area (Å²) in [6, 6.07) is 13.8. The summed E-state index contributed by atoms with van der Waals surface area (Å²) in [7, 11) is 0. The van der Waals surface area contributed by atoms with Gasteiger partial charge in [-0.25, -0.2) is 4.39 Å². The van der Waals surface area contributed by atoms with Crippen molar-refractivity contribution in [3.63, 3.8) is 0 Å². The molecule has 0 radical (unpaired) electrons. The molecule has 2 aromatic carbocycles. The molecule has 3 rings (SSSR count). The van der Waals surface area contributed by atoms with Crippen molar-refractivity contribution in [2.24, 2.45) is 0 Å². The third kappa shape index (κ3) is 2.32. The van der Waals surface area contributed by atoms with Crippen molar-refractivity contribution in [3.05, 3.63) is 58.8 Å². The summed E-state index contributed by atoms with van der Waals surface area (Å²) in [5.41, 5.74) is 7.92. The van der Waals surface area contributed by atoms with Crippen molar-refractivity contribution in [1.82, 2.24) is 5.16 Å². The van der Waals surface area contributed by atoms with Crippen molar-refractivity contribution in [1.29, 1.82) is 0 Å². The number of nitrogens with two attached hydrogens (primary N) is 1. The van der Waals surface area contributed by atoms with E-state index < -0.39 is 0 Å². The minimum atomic E-state index is -0.330. The van der Waals surface area contributed by atoms with Crippen LogP contribution in [0.2, 0.25) is 0 Å². The van der Waals surface area contributed by atoms with Crippen LogP contribution in [0.3, 0.4) is 0 Å². The van der Waals surface area contributed by atoms with E-state index >= 15 is 0 Å². The van der Waals surface area contributed by atoms with Crippen LogP contribution in [0.4, 0.5) is 10.2 Å². The summed E-state index contributed by atoms with van der Waals surface area (Å²) in [5.74, 6) is 0.434. The third-order valence-electron chi connectivity index (χ3n) is 2.92. The van der Waals surface area contributed by atoms with Crippen molar-refractivity contribution in [3.8, 4) is 22.5 Å². The van der Waals surface area contributed by atoms with Gasteiger partial charge in [-0.15, -0.1) is 0 Å². The number of anilines is 1. The van der Waals surface area contributed by atoms with Crippen molar-refractivity contribution >= 4 is 21.7 Å². The monoisotopic (exact) mass is 332 g/mol. The van der Waals surface area contributed by atoms with Gasteiger partial charge in [0.15, 0.2) is 11.6 Å². The molecule has 0 atom stereocenters. The Hall–Kier alpha value is -2.14. The summed E-state index contributed by atoms with van der Waals surface area (Å²) in [5, 5.41) is 3.79. The van der Waals surface area contributed by atoms with Gasteiger partial charge < -0.3 is 10.3 Å². The fourth-order valence-electron chi connectivity index (χ4n) is 2.05. The van der Waals surface area contributed by atoms with Crippen LogP contribution in [0, 0.1) is 5.82 Å². The minimum absolute atomic E-state index is 0.241. The zero-order valence-corrected chi connectivity index (χ0v) is 11.9. The Kier molecular flexibility index (Phi) is 3.28. The largest absolute Gasteiger partial charge is 0.380 e. The second kappa shape index (κ2) is 5.09. The molecule has 0 bridgehead atoms. The minimum Gasteiger partial charge on any atom is -0.380 e. The topological polar surface area (TPSA) is 52.0 Å². The van der Waals surface area contributed by atoms with Gasteiger partial charge >= 0.3 is 0 Å². The van der Waals surface area contributed by atoms with Gasteiger partial charge in [-0.3, -0.25) is 0 Å². The fraction of sp³-hybridized carbons (Fsp3) is 0. The van der Waals surface area contributed by atoms with Crippen LogP contribution in [0.25, 0.3) is 22.5 Å². The first-order chi connectivity index (χ1) is 9.65. The van der Waals surface area contributed by atoms with Crippen LogP contribution in [0.15, 0.2) is 57.5 Å². The van der Waals surface area contributed by atoms with Gasteiger partial charge in [0.2, 0.25) is 0 Å². The molecule has 0 aliphatic heterocycles. The maximum absolute atomic E-state index is 13.4. The number of hydrogen-bond donors (Lipinski definition) is 1. The molecular formula is C15H10BrFN2O. The second-order valence-electron chi connectivity index (χ2n) is 4.29. The first-order valence-corrected chi connectivity index (χ1v) is 6.71. The summed E-state index contributed by atoms with van der Waals surface area (Å²) < 4.78 is 19.6. The van der Waals surface area contributed by atoms with Gasteiger partial charge in [0.25, 0.3) is 0 Å². The summed E-state index contributed by atoms with van der Waals surface area (Å²) in [6.07, 6.45) is 0. The maximum Gasteiger partial charge on any atom is 0.176 e. The molecule has 0 spiro atoms. The normalized spacial score (nSPS) is 10.7. The smallest absolute Gasteiger partial charge is 0.176 e. The van der Waals surface area contributed by atoms with E-state index in [-0.39, 0.29) is 11.6 Å². The lowest BCUT2D eigenvalue weighted by atomic mass is 10.0. The van der Waals surface area contributed by atoms with E-state index in [2.05, 4.69) is 21.1 Å². The highest BCUT2D eigenvalue weighted by atomic mass is 79.9. The van der Waals surface area contributed by atoms with Crippen LogP contribution < -0.4 is 5.73 Å². The lowest BCUT2D eigenvalue weighted by Crippen LogP contribution is -1.89. The Morgan fingerprint density at radius 3 is 2.55 bits per heavy atom. The number of nitrogen functional groups attached to an aromatic ring is 1. The second-order valence-corrected chi connectivity index (χ2v) is 5.21. The Labute approximate surface area is 123 Å². The molecule has 3 aromatic rings. The molecule has 0 unspecified atom stereocenters. The molecule has 0 saturated carbocycles. The molecule has 0 saturated heterocycles. The fourth-order valence-corrected chi connectivity index (χ4v) is 2.45. The number of rotatable bonds is 2. The number of benzene rings is 2. The highest BCUT2D eigenvalue weighted by molar-refractivity contribution is 9.10. The SMILES string of the molecule is Nc1noc(-c2cccc(Br)c2)c1-c1cccc(F)c1. The van der Waals surface area contributed by atoms with Crippen LogP contribution in [0.1, 0.15) is 0 Å². The Morgan fingerprint density at radius 1 is 1.05 bits per heavy atom. The zero-order valence-electron chi connectivity index (χ0n) is 10.3. The average Bonchev–Trinajstić information content (AvgIpc) is 2.80. The molecular weight excluding hydrogens is 323 g/mol. The van der Waals surface area contributed by atoms with Gasteiger partial charge in [-0.2, -0.15) is 0 Å². The molecule has 1 heterocycles. The van der Waals surface area contributed by atoms with Gasteiger partial charge in [-0.05, 0) is 29.8 Å². The van der Waals surface area contributed by atoms with Gasteiger partial charge in [0, 0.05) is 10.0 Å². The van der Waals surface area contributed by atoms with E-state index in [1.54, 1.807) is 12.1 Å². The summed E-state index contributed by atoms with van der Waals surface area (Å²) in [4.78, 5) is 0. The molecule has 0 aliphatic carbocycles. The molecule has 0 fully saturated rings. The summed E-state index contributed by atoms with van der Waals surface area (Å²) in [6.45, 7) is 0. The molecule has 2 N–H and O–H groups in total.